The lowest BCUT2D eigenvalue weighted by molar-refractivity contribution is 0.667. The second-order valence-corrected chi connectivity index (χ2v) is 4.19. The van der Waals surface area contributed by atoms with Crippen molar-refractivity contribution in [2.45, 2.75) is 24.6 Å². The van der Waals surface area contributed by atoms with Gasteiger partial charge in [-0.25, -0.2) is 0 Å². The molecule has 1 aromatic rings. The summed E-state index contributed by atoms with van der Waals surface area (Å²) < 4.78 is 0. The van der Waals surface area contributed by atoms with Gasteiger partial charge in [0.1, 0.15) is 0 Å². The van der Waals surface area contributed by atoms with Crippen molar-refractivity contribution in [3.8, 4) is 0 Å². The third kappa shape index (κ3) is 1.06. The molecule has 1 heteroatoms. The van der Waals surface area contributed by atoms with Crippen molar-refractivity contribution >= 4 is 11.6 Å². The Morgan fingerprint density at radius 3 is 2.82 bits per heavy atom. The Hall–Kier alpha value is -0.490. The minimum Gasteiger partial charge on any atom is -0.114 e. The predicted molar refractivity (Wildman–Crippen MR) is 48.0 cm³/mol. The molecule has 1 aromatic carbocycles. The fourth-order valence-corrected chi connectivity index (χ4v) is 2.03. The Morgan fingerprint density at radius 2 is 2.09 bits per heavy atom. The van der Waals surface area contributed by atoms with E-state index < -0.39 is 0 Å². The Balaban J connectivity index is 2.56. The van der Waals surface area contributed by atoms with Gasteiger partial charge in [0.2, 0.25) is 0 Å². The summed E-state index contributed by atoms with van der Waals surface area (Å²) in [6, 6.07) is 8.44. The molecule has 0 nitrogen and oxygen atoms in total. The molecular formula is C10H11Cl. The van der Waals surface area contributed by atoms with Crippen LogP contribution in [0.3, 0.4) is 0 Å². The largest absolute Gasteiger partial charge is 0.114 e. The fraction of sp³-hybridized carbons (Fsp3) is 0.400. The van der Waals surface area contributed by atoms with Gasteiger partial charge in [-0.2, -0.15) is 0 Å². The third-order valence-electron chi connectivity index (χ3n) is 2.44. The van der Waals surface area contributed by atoms with E-state index in [0.29, 0.717) is 0 Å². The molecule has 0 N–H and O–H groups in total. The molecule has 1 unspecified atom stereocenters. The molecule has 1 atom stereocenters. The summed E-state index contributed by atoms with van der Waals surface area (Å²) in [6.07, 6.45) is 2.21. The number of hydrogen-bond acceptors (Lipinski definition) is 0. The summed E-state index contributed by atoms with van der Waals surface area (Å²) in [5.74, 6) is 0. The van der Waals surface area contributed by atoms with Crippen LogP contribution in [-0.4, -0.2) is 0 Å². The summed E-state index contributed by atoms with van der Waals surface area (Å²) in [6.45, 7) is 2.10. The number of alkyl halides is 1. The quantitative estimate of drug-likeness (QED) is 0.520. The zero-order valence-corrected chi connectivity index (χ0v) is 7.36. The van der Waals surface area contributed by atoms with E-state index in [1.54, 1.807) is 0 Å². The molecule has 0 aliphatic heterocycles. The van der Waals surface area contributed by atoms with Gasteiger partial charge in [-0.1, -0.05) is 24.3 Å². The first-order valence-electron chi connectivity index (χ1n) is 3.97. The lowest BCUT2D eigenvalue weighted by Crippen LogP contribution is -2.07. The zero-order valence-electron chi connectivity index (χ0n) is 6.60. The maximum absolute atomic E-state index is 6.30. The number of benzene rings is 1. The molecule has 1 aliphatic rings. The second-order valence-electron chi connectivity index (χ2n) is 3.35. The summed E-state index contributed by atoms with van der Waals surface area (Å²) in [5, 5.41) is 0. The molecule has 0 aromatic heterocycles. The van der Waals surface area contributed by atoms with E-state index in [9.17, 15) is 0 Å². The number of aryl methyl sites for hydroxylation is 1. The maximum atomic E-state index is 6.30. The van der Waals surface area contributed by atoms with Crippen molar-refractivity contribution in [2.75, 3.05) is 0 Å². The van der Waals surface area contributed by atoms with E-state index >= 15 is 0 Å². The van der Waals surface area contributed by atoms with E-state index in [1.807, 2.05) is 0 Å². The van der Waals surface area contributed by atoms with E-state index in [4.69, 9.17) is 11.6 Å². The lowest BCUT2D eigenvalue weighted by atomic mass is 10.0. The number of halogens is 1. The molecule has 0 spiro atoms. The highest BCUT2D eigenvalue weighted by atomic mass is 35.5. The minimum absolute atomic E-state index is 0.101. The van der Waals surface area contributed by atoms with Crippen LogP contribution in [0, 0.1) is 0 Å². The molecule has 1 aliphatic carbocycles. The van der Waals surface area contributed by atoms with Crippen molar-refractivity contribution in [2.24, 2.45) is 0 Å². The van der Waals surface area contributed by atoms with Crippen molar-refractivity contribution in [1.29, 1.82) is 0 Å². The Bertz CT molecular complexity index is 276. The van der Waals surface area contributed by atoms with Crippen LogP contribution in [0.15, 0.2) is 24.3 Å². The van der Waals surface area contributed by atoms with Gasteiger partial charge in [-0.05, 0) is 30.9 Å². The topological polar surface area (TPSA) is 0 Å². The highest BCUT2D eigenvalue weighted by molar-refractivity contribution is 6.24. The molecule has 58 valence electrons. The summed E-state index contributed by atoms with van der Waals surface area (Å²) >= 11 is 6.30. The van der Waals surface area contributed by atoms with Gasteiger partial charge in [0, 0.05) is 0 Å². The number of hydrogen-bond donors (Lipinski definition) is 0. The molecule has 0 bridgehead atoms. The van der Waals surface area contributed by atoms with Gasteiger partial charge in [0.05, 0.1) is 4.87 Å². The van der Waals surface area contributed by atoms with E-state index in [2.05, 4.69) is 31.2 Å². The third-order valence-corrected chi connectivity index (χ3v) is 2.84. The lowest BCUT2D eigenvalue weighted by Gasteiger charge is -2.14. The van der Waals surface area contributed by atoms with Gasteiger partial charge in [0.25, 0.3) is 0 Å². The van der Waals surface area contributed by atoms with Crippen LogP contribution in [0.4, 0.5) is 0 Å². The van der Waals surface area contributed by atoms with Gasteiger partial charge in [-0.15, -0.1) is 11.6 Å². The average molecular weight is 167 g/mol. The molecule has 11 heavy (non-hydrogen) atoms. The summed E-state index contributed by atoms with van der Waals surface area (Å²) in [4.78, 5) is -0.101. The van der Waals surface area contributed by atoms with Gasteiger partial charge < -0.3 is 0 Å². The molecular weight excluding hydrogens is 156 g/mol. The minimum atomic E-state index is -0.101. The number of fused-ring (bicyclic) bond motifs is 1. The zero-order chi connectivity index (χ0) is 7.90. The van der Waals surface area contributed by atoms with Crippen LogP contribution in [-0.2, 0) is 11.3 Å². The van der Waals surface area contributed by atoms with Crippen LogP contribution < -0.4 is 0 Å². The van der Waals surface area contributed by atoms with Gasteiger partial charge >= 0.3 is 0 Å². The smallest absolute Gasteiger partial charge is 0.0672 e. The highest BCUT2D eigenvalue weighted by Crippen LogP contribution is 2.41. The normalized spacial score (nSPS) is 28.5. The van der Waals surface area contributed by atoms with Crippen LogP contribution in [0.25, 0.3) is 0 Å². The first-order chi connectivity index (χ1) is 5.20. The molecule has 2 rings (SSSR count). The molecule has 0 saturated heterocycles. The van der Waals surface area contributed by atoms with E-state index in [1.165, 1.54) is 11.1 Å². The molecule has 0 heterocycles. The van der Waals surface area contributed by atoms with Crippen molar-refractivity contribution in [3.05, 3.63) is 35.4 Å². The van der Waals surface area contributed by atoms with Crippen molar-refractivity contribution in [1.82, 2.24) is 0 Å². The standard InChI is InChI=1S/C10H11Cl/c1-10(11)7-6-8-4-2-3-5-9(8)10/h2-5H,6-7H2,1H3. The molecule has 0 saturated carbocycles. The second kappa shape index (κ2) is 2.25. The first-order valence-corrected chi connectivity index (χ1v) is 4.35. The summed E-state index contributed by atoms with van der Waals surface area (Å²) in [5.41, 5.74) is 2.74. The van der Waals surface area contributed by atoms with Crippen LogP contribution in [0.5, 0.6) is 0 Å². The van der Waals surface area contributed by atoms with Crippen LogP contribution in [0.2, 0.25) is 0 Å². The SMILES string of the molecule is CC1(Cl)CCc2ccccc21. The maximum Gasteiger partial charge on any atom is 0.0672 e. The Kier molecular flexibility index (Phi) is 1.47. The van der Waals surface area contributed by atoms with Crippen molar-refractivity contribution in [3.63, 3.8) is 0 Å². The number of rotatable bonds is 0. The fourth-order valence-electron chi connectivity index (χ4n) is 1.75. The molecule has 0 amide bonds. The van der Waals surface area contributed by atoms with Crippen LogP contribution in [0.1, 0.15) is 24.5 Å². The van der Waals surface area contributed by atoms with E-state index in [0.717, 1.165) is 12.8 Å². The van der Waals surface area contributed by atoms with Crippen LogP contribution >= 0.6 is 11.6 Å². The van der Waals surface area contributed by atoms with Gasteiger partial charge in [0.15, 0.2) is 0 Å². The Labute approximate surface area is 72.2 Å². The predicted octanol–water partition coefficient (Wildman–Crippen LogP) is 3.09. The first kappa shape index (κ1) is 7.17. The van der Waals surface area contributed by atoms with Crippen molar-refractivity contribution < 1.29 is 0 Å². The average Bonchev–Trinajstić information content (AvgIpc) is 2.29. The van der Waals surface area contributed by atoms with Gasteiger partial charge in [-0.3, -0.25) is 0 Å². The highest BCUT2D eigenvalue weighted by Gasteiger charge is 2.31. The summed E-state index contributed by atoms with van der Waals surface area (Å²) in [7, 11) is 0. The Morgan fingerprint density at radius 1 is 1.36 bits per heavy atom. The molecule has 0 fully saturated rings. The molecule has 0 radical (unpaired) electrons. The monoisotopic (exact) mass is 166 g/mol. The van der Waals surface area contributed by atoms with E-state index in [-0.39, 0.29) is 4.87 Å².